The van der Waals surface area contributed by atoms with Crippen molar-refractivity contribution in [2.75, 3.05) is 44.7 Å². The van der Waals surface area contributed by atoms with Crippen molar-refractivity contribution in [3.8, 4) is 0 Å². The fourth-order valence-corrected chi connectivity index (χ4v) is 3.49. The second-order valence-electron chi connectivity index (χ2n) is 6.90. The van der Waals surface area contributed by atoms with Crippen LogP contribution in [0.1, 0.15) is 24.0 Å². The Labute approximate surface area is 149 Å². The van der Waals surface area contributed by atoms with E-state index in [1.54, 1.807) is 4.90 Å². The lowest BCUT2D eigenvalue weighted by atomic mass is 9.96. The van der Waals surface area contributed by atoms with Gasteiger partial charge in [-0.3, -0.25) is 4.79 Å². The van der Waals surface area contributed by atoms with Gasteiger partial charge in [0.05, 0.1) is 19.1 Å². The average Bonchev–Trinajstić information content (AvgIpc) is 2.65. The molecule has 2 heterocycles. The predicted molar refractivity (Wildman–Crippen MR) is 96.6 cm³/mol. The smallest absolute Gasteiger partial charge is 0.321 e. The third-order valence-corrected chi connectivity index (χ3v) is 5.23. The summed E-state index contributed by atoms with van der Waals surface area (Å²) in [5, 5.41) is 3.00. The third-order valence-electron chi connectivity index (χ3n) is 5.23. The maximum atomic E-state index is 12.7. The summed E-state index contributed by atoms with van der Waals surface area (Å²) >= 11 is 0. The van der Waals surface area contributed by atoms with Gasteiger partial charge in [0.15, 0.2) is 0 Å². The van der Waals surface area contributed by atoms with Crippen molar-refractivity contribution in [1.29, 1.82) is 0 Å². The van der Waals surface area contributed by atoms with E-state index >= 15 is 0 Å². The Morgan fingerprint density at radius 2 is 1.88 bits per heavy atom. The van der Waals surface area contributed by atoms with Crippen molar-refractivity contribution in [1.82, 2.24) is 9.80 Å². The van der Waals surface area contributed by atoms with E-state index in [9.17, 15) is 9.59 Å². The van der Waals surface area contributed by atoms with Crippen LogP contribution in [0.3, 0.4) is 0 Å². The topological polar surface area (TPSA) is 61.9 Å². The number of aryl methyl sites for hydroxylation is 1. The zero-order valence-corrected chi connectivity index (χ0v) is 15.1. The molecule has 136 valence electrons. The lowest BCUT2D eigenvalue weighted by Gasteiger charge is -2.36. The van der Waals surface area contributed by atoms with Gasteiger partial charge in [-0.25, -0.2) is 4.79 Å². The first-order valence-corrected chi connectivity index (χ1v) is 9.05. The maximum absolute atomic E-state index is 12.7. The van der Waals surface area contributed by atoms with Gasteiger partial charge in [-0.2, -0.15) is 0 Å². The Morgan fingerprint density at radius 3 is 2.64 bits per heavy atom. The molecule has 6 nitrogen and oxygen atoms in total. The Morgan fingerprint density at radius 1 is 1.12 bits per heavy atom. The average molecular weight is 345 g/mol. The minimum Gasteiger partial charge on any atom is -0.378 e. The fraction of sp³-hybridized carbons (Fsp3) is 0.579. The lowest BCUT2D eigenvalue weighted by Crippen LogP contribution is -2.50. The monoisotopic (exact) mass is 345 g/mol. The van der Waals surface area contributed by atoms with Gasteiger partial charge in [-0.15, -0.1) is 0 Å². The number of amides is 3. The van der Waals surface area contributed by atoms with Gasteiger partial charge in [-0.05, 0) is 43.9 Å². The number of nitrogens with one attached hydrogen (secondary N) is 1. The quantitative estimate of drug-likeness (QED) is 0.895. The van der Waals surface area contributed by atoms with E-state index in [2.05, 4.69) is 5.32 Å². The molecule has 0 spiro atoms. The van der Waals surface area contributed by atoms with Crippen molar-refractivity contribution in [3.05, 3.63) is 29.3 Å². The molecule has 2 aliphatic rings. The number of ether oxygens (including phenoxy) is 1. The second kappa shape index (κ2) is 7.87. The summed E-state index contributed by atoms with van der Waals surface area (Å²) in [5.41, 5.74) is 3.07. The van der Waals surface area contributed by atoms with E-state index < -0.39 is 0 Å². The van der Waals surface area contributed by atoms with Gasteiger partial charge >= 0.3 is 6.03 Å². The van der Waals surface area contributed by atoms with Crippen LogP contribution in [0.5, 0.6) is 0 Å². The van der Waals surface area contributed by atoms with Crippen LogP contribution in [0.15, 0.2) is 18.2 Å². The summed E-state index contributed by atoms with van der Waals surface area (Å²) in [6, 6.07) is 5.77. The van der Waals surface area contributed by atoms with Crippen LogP contribution in [0.4, 0.5) is 10.5 Å². The Hall–Kier alpha value is -2.08. The molecule has 0 aliphatic carbocycles. The minimum absolute atomic E-state index is 0.101. The highest BCUT2D eigenvalue weighted by Crippen LogP contribution is 2.22. The van der Waals surface area contributed by atoms with E-state index in [4.69, 9.17) is 4.74 Å². The highest BCUT2D eigenvalue weighted by molar-refractivity contribution is 5.91. The lowest BCUT2D eigenvalue weighted by molar-refractivity contribution is -0.141. The highest BCUT2D eigenvalue weighted by Gasteiger charge is 2.32. The van der Waals surface area contributed by atoms with E-state index in [1.165, 1.54) is 0 Å². The van der Waals surface area contributed by atoms with E-state index in [-0.39, 0.29) is 17.9 Å². The van der Waals surface area contributed by atoms with E-state index in [0.29, 0.717) is 39.4 Å². The van der Waals surface area contributed by atoms with Gasteiger partial charge < -0.3 is 19.9 Å². The molecule has 0 unspecified atom stereocenters. The summed E-state index contributed by atoms with van der Waals surface area (Å²) in [6.07, 6.45) is 1.71. The number of piperidine rings is 1. The van der Waals surface area contributed by atoms with Crippen LogP contribution < -0.4 is 5.32 Å². The standard InChI is InChI=1S/C19H27N3O3/c1-14-5-3-7-17(15(14)2)20-19(24)22-8-4-6-16(13-22)18(23)21-9-11-25-12-10-21/h3,5,7,16H,4,6,8-13H2,1-2H3,(H,20,24)/t16-/m0/s1. The van der Waals surface area contributed by atoms with Crippen molar-refractivity contribution >= 4 is 17.6 Å². The molecular formula is C19H27N3O3. The molecular weight excluding hydrogens is 318 g/mol. The number of benzene rings is 1. The number of urea groups is 1. The van der Waals surface area contributed by atoms with Gasteiger partial charge in [0.25, 0.3) is 0 Å². The molecule has 2 fully saturated rings. The molecule has 0 aromatic heterocycles. The summed E-state index contributed by atoms with van der Waals surface area (Å²) in [5.74, 6) is 0.0590. The minimum atomic E-state index is -0.117. The number of nitrogens with zero attached hydrogens (tertiary/aromatic N) is 2. The van der Waals surface area contributed by atoms with Gasteiger partial charge in [-0.1, -0.05) is 12.1 Å². The number of anilines is 1. The summed E-state index contributed by atoms with van der Waals surface area (Å²) in [4.78, 5) is 29.0. The second-order valence-corrected chi connectivity index (χ2v) is 6.90. The maximum Gasteiger partial charge on any atom is 0.321 e. The number of morpholine rings is 1. The number of likely N-dealkylation sites (tertiary alicyclic amines) is 1. The number of hydrogen-bond donors (Lipinski definition) is 1. The number of hydrogen-bond acceptors (Lipinski definition) is 3. The molecule has 0 radical (unpaired) electrons. The zero-order valence-electron chi connectivity index (χ0n) is 15.1. The van der Waals surface area contributed by atoms with Gasteiger partial charge in [0.2, 0.25) is 5.91 Å². The highest BCUT2D eigenvalue weighted by atomic mass is 16.5. The number of rotatable bonds is 2. The van der Waals surface area contributed by atoms with E-state index in [1.807, 2.05) is 36.9 Å². The zero-order chi connectivity index (χ0) is 17.8. The molecule has 1 atom stereocenters. The van der Waals surface area contributed by atoms with Crippen molar-refractivity contribution in [2.45, 2.75) is 26.7 Å². The molecule has 0 saturated carbocycles. The van der Waals surface area contributed by atoms with Crippen molar-refractivity contribution in [3.63, 3.8) is 0 Å². The Balaban J connectivity index is 1.61. The molecule has 1 aromatic carbocycles. The van der Waals surface area contributed by atoms with Crippen molar-refractivity contribution < 1.29 is 14.3 Å². The Kier molecular flexibility index (Phi) is 5.58. The first kappa shape index (κ1) is 17.7. The van der Waals surface area contributed by atoms with Crippen LogP contribution >= 0.6 is 0 Å². The molecule has 2 aliphatic heterocycles. The molecule has 0 bridgehead atoms. The Bertz CT molecular complexity index is 641. The molecule has 2 saturated heterocycles. The largest absolute Gasteiger partial charge is 0.378 e. The number of carbonyl (C=O) groups is 2. The fourth-order valence-electron chi connectivity index (χ4n) is 3.49. The first-order valence-electron chi connectivity index (χ1n) is 9.05. The van der Waals surface area contributed by atoms with Crippen LogP contribution in [0.2, 0.25) is 0 Å². The molecule has 1 N–H and O–H groups in total. The first-order chi connectivity index (χ1) is 12.1. The van der Waals surface area contributed by atoms with Crippen molar-refractivity contribution in [2.24, 2.45) is 5.92 Å². The van der Waals surface area contributed by atoms with Crippen LogP contribution in [0, 0.1) is 19.8 Å². The molecule has 3 amide bonds. The summed E-state index contributed by atoms with van der Waals surface area (Å²) in [6.45, 7) is 7.75. The summed E-state index contributed by atoms with van der Waals surface area (Å²) < 4.78 is 5.32. The SMILES string of the molecule is Cc1cccc(NC(=O)N2CCC[C@H](C(=O)N3CCOCC3)C2)c1C. The van der Waals surface area contributed by atoms with Crippen LogP contribution in [0.25, 0.3) is 0 Å². The van der Waals surface area contributed by atoms with E-state index in [0.717, 1.165) is 29.7 Å². The van der Waals surface area contributed by atoms with Gasteiger partial charge in [0.1, 0.15) is 0 Å². The molecule has 6 heteroatoms. The van der Waals surface area contributed by atoms with Gasteiger partial charge in [0, 0.05) is 31.9 Å². The molecule has 3 rings (SSSR count). The van der Waals surface area contributed by atoms with Crippen LogP contribution in [-0.2, 0) is 9.53 Å². The molecule has 1 aromatic rings. The van der Waals surface area contributed by atoms with Crippen LogP contribution in [-0.4, -0.2) is 61.1 Å². The molecule has 25 heavy (non-hydrogen) atoms. The number of carbonyl (C=O) groups excluding carboxylic acids is 2. The third kappa shape index (κ3) is 4.12. The predicted octanol–water partition coefficient (Wildman–Crippen LogP) is 2.41. The summed E-state index contributed by atoms with van der Waals surface area (Å²) in [7, 11) is 0. The normalized spacial score (nSPS) is 21.1.